The molecule has 2 aliphatic heterocycles. The molecular weight excluding hydrogens is 492 g/mol. The van der Waals surface area contributed by atoms with Crippen LogP contribution in [0.15, 0.2) is 42.5 Å². The maximum atomic E-state index is 13.3. The fraction of sp³-hybridized carbons (Fsp3) is 0.318. The van der Waals surface area contributed by atoms with Crippen molar-refractivity contribution in [2.75, 3.05) is 13.1 Å². The SMILES string of the molecule is O=C(O)c1cccc2c1OB(O)[C@@H](NC(=O)C(NC(=O)[C@H]1CCNC1)c1ccc(P(=O)(O)O)cc1)C2. The average molecular weight is 517 g/mol. The lowest BCUT2D eigenvalue weighted by atomic mass is 9.72. The van der Waals surface area contributed by atoms with Crippen LogP contribution in [-0.2, 0) is 20.6 Å². The van der Waals surface area contributed by atoms with Gasteiger partial charge in [0.25, 0.3) is 0 Å². The molecule has 1 unspecified atom stereocenters. The molecule has 2 aromatic rings. The molecule has 1 saturated heterocycles. The van der Waals surface area contributed by atoms with Gasteiger partial charge in [-0.25, -0.2) is 4.79 Å². The molecule has 0 bridgehead atoms. The summed E-state index contributed by atoms with van der Waals surface area (Å²) in [6.07, 6.45) is 0.670. The van der Waals surface area contributed by atoms with Gasteiger partial charge in [0.1, 0.15) is 11.8 Å². The zero-order chi connectivity index (χ0) is 26.0. The van der Waals surface area contributed by atoms with E-state index in [9.17, 15) is 38.9 Å². The highest BCUT2D eigenvalue weighted by atomic mass is 31.2. The number of carbonyl (C=O) groups is 3. The molecule has 3 atom stereocenters. The summed E-state index contributed by atoms with van der Waals surface area (Å²) in [5.41, 5.74) is 0.648. The largest absolute Gasteiger partial charge is 0.547 e. The smallest absolute Gasteiger partial charge is 0.534 e. The van der Waals surface area contributed by atoms with Crippen LogP contribution in [0, 0.1) is 5.92 Å². The molecule has 2 amide bonds. The number of benzene rings is 2. The third-order valence-electron chi connectivity index (χ3n) is 6.22. The van der Waals surface area contributed by atoms with E-state index in [0.717, 1.165) is 0 Å². The van der Waals surface area contributed by atoms with Crippen LogP contribution in [0.5, 0.6) is 5.75 Å². The molecule has 4 rings (SSSR count). The number of hydrogen-bond donors (Lipinski definition) is 7. The first kappa shape index (κ1) is 25.9. The Bertz CT molecular complexity index is 1210. The lowest BCUT2D eigenvalue weighted by molar-refractivity contribution is -0.131. The average Bonchev–Trinajstić information content (AvgIpc) is 3.37. The van der Waals surface area contributed by atoms with E-state index in [0.29, 0.717) is 25.1 Å². The summed E-state index contributed by atoms with van der Waals surface area (Å²) in [6.45, 7) is 1.12. The number of rotatable bonds is 7. The van der Waals surface area contributed by atoms with Crippen LogP contribution in [0.1, 0.15) is 33.9 Å². The van der Waals surface area contributed by atoms with Crippen LogP contribution in [0.3, 0.4) is 0 Å². The van der Waals surface area contributed by atoms with Crippen molar-refractivity contribution in [3.05, 3.63) is 59.2 Å². The molecule has 2 aromatic carbocycles. The summed E-state index contributed by atoms with van der Waals surface area (Å²) in [4.78, 5) is 56.3. The van der Waals surface area contributed by atoms with Crippen LogP contribution in [-0.4, -0.2) is 63.9 Å². The van der Waals surface area contributed by atoms with E-state index in [1.807, 2.05) is 0 Å². The quantitative estimate of drug-likeness (QED) is 0.179. The van der Waals surface area contributed by atoms with Crippen molar-refractivity contribution in [2.45, 2.75) is 24.8 Å². The number of carboxylic acid groups (broad SMARTS) is 1. The van der Waals surface area contributed by atoms with Gasteiger partial charge in [0.15, 0.2) is 0 Å². The van der Waals surface area contributed by atoms with E-state index in [2.05, 4.69) is 16.0 Å². The van der Waals surface area contributed by atoms with Crippen molar-refractivity contribution in [1.29, 1.82) is 0 Å². The highest BCUT2D eigenvalue weighted by Crippen LogP contribution is 2.33. The van der Waals surface area contributed by atoms with Gasteiger partial charge in [-0.15, -0.1) is 0 Å². The molecule has 0 radical (unpaired) electrons. The Morgan fingerprint density at radius 3 is 2.47 bits per heavy atom. The van der Waals surface area contributed by atoms with E-state index in [1.54, 1.807) is 6.07 Å². The Hall–Kier alpha value is -3.22. The van der Waals surface area contributed by atoms with Crippen molar-refractivity contribution in [3.63, 3.8) is 0 Å². The first-order valence-corrected chi connectivity index (χ1v) is 12.8. The number of nitrogens with one attached hydrogen (secondary N) is 3. The highest BCUT2D eigenvalue weighted by molar-refractivity contribution is 7.60. The van der Waals surface area contributed by atoms with E-state index in [1.165, 1.54) is 36.4 Å². The molecule has 14 heteroatoms. The molecule has 0 spiro atoms. The number of para-hydroxylation sites is 1. The maximum Gasteiger partial charge on any atom is 0.547 e. The standard InChI is InChI=1S/C22H25BN3O9P/c27-20(14-8-9-24-11-14)26-18(12-4-6-15(7-5-12)36(32,33)34)21(28)25-17-10-13-2-1-3-16(22(29)30)19(13)35-23(17)31/h1-7,14,17-18,24,31H,8-11H2,(H,25,28)(H,26,27)(H,29,30)(H2,32,33,34)/t14-,17-,18?/m0/s1. The van der Waals surface area contributed by atoms with E-state index in [-0.39, 0.29) is 40.4 Å². The molecule has 0 saturated carbocycles. The Labute approximate surface area is 206 Å². The second-order valence-electron chi connectivity index (χ2n) is 8.69. The number of carbonyl (C=O) groups excluding carboxylic acids is 2. The summed E-state index contributed by atoms with van der Waals surface area (Å²) in [5, 5.41) is 28.0. The second kappa shape index (κ2) is 10.4. The van der Waals surface area contributed by atoms with Gasteiger partial charge < -0.3 is 40.5 Å². The molecule has 0 aromatic heterocycles. The fourth-order valence-corrected chi connectivity index (χ4v) is 4.82. The summed E-state index contributed by atoms with van der Waals surface area (Å²) >= 11 is 0. The molecule has 7 N–H and O–H groups in total. The molecule has 1 fully saturated rings. The zero-order valence-corrected chi connectivity index (χ0v) is 19.9. The van der Waals surface area contributed by atoms with Gasteiger partial charge in [0.05, 0.1) is 22.7 Å². The number of hydrogen-bond acceptors (Lipinski definition) is 7. The van der Waals surface area contributed by atoms with Crippen molar-refractivity contribution < 1.29 is 43.5 Å². The van der Waals surface area contributed by atoms with Gasteiger partial charge in [-0.2, -0.15) is 0 Å². The Balaban J connectivity index is 1.56. The van der Waals surface area contributed by atoms with Gasteiger partial charge in [0, 0.05) is 6.54 Å². The van der Waals surface area contributed by atoms with Crippen molar-refractivity contribution in [2.24, 2.45) is 5.92 Å². The minimum Gasteiger partial charge on any atom is -0.534 e. The first-order valence-electron chi connectivity index (χ1n) is 11.2. The molecular formula is C22H25BN3O9P. The predicted octanol–water partition coefficient (Wildman–Crippen LogP) is -0.906. The third kappa shape index (κ3) is 5.61. The van der Waals surface area contributed by atoms with Crippen molar-refractivity contribution >= 4 is 37.8 Å². The Morgan fingerprint density at radius 2 is 1.86 bits per heavy atom. The highest BCUT2D eigenvalue weighted by Gasteiger charge is 2.39. The van der Waals surface area contributed by atoms with E-state index >= 15 is 0 Å². The summed E-state index contributed by atoms with van der Waals surface area (Å²) in [5.74, 6) is -3.53. The molecule has 36 heavy (non-hydrogen) atoms. The Kier molecular flexibility index (Phi) is 7.48. The molecule has 190 valence electrons. The van der Waals surface area contributed by atoms with Crippen LogP contribution in [0.2, 0.25) is 0 Å². The topological polar surface area (TPSA) is 195 Å². The molecule has 2 heterocycles. The van der Waals surface area contributed by atoms with Gasteiger partial charge >= 0.3 is 20.7 Å². The van der Waals surface area contributed by atoms with Crippen LogP contribution in [0.25, 0.3) is 0 Å². The first-order chi connectivity index (χ1) is 17.0. The van der Waals surface area contributed by atoms with Gasteiger partial charge in [-0.05, 0) is 48.7 Å². The molecule has 12 nitrogen and oxygen atoms in total. The van der Waals surface area contributed by atoms with E-state index in [4.69, 9.17) is 4.65 Å². The van der Waals surface area contributed by atoms with Crippen LogP contribution >= 0.6 is 7.60 Å². The fourth-order valence-electron chi connectivity index (χ4n) is 4.28. The maximum absolute atomic E-state index is 13.3. The number of aromatic carboxylic acids is 1. The molecule has 2 aliphatic rings. The van der Waals surface area contributed by atoms with Crippen molar-refractivity contribution in [1.82, 2.24) is 16.0 Å². The normalized spacial score (nSPS) is 20.1. The number of fused-ring (bicyclic) bond motifs is 1. The summed E-state index contributed by atoms with van der Waals surface area (Å²) in [6, 6.07) is 8.33. The predicted molar refractivity (Wildman–Crippen MR) is 128 cm³/mol. The lowest BCUT2D eigenvalue weighted by Crippen LogP contribution is -2.55. The van der Waals surface area contributed by atoms with Crippen LogP contribution < -0.4 is 25.9 Å². The minimum absolute atomic E-state index is 0.0228. The van der Waals surface area contributed by atoms with Gasteiger partial charge in [0.2, 0.25) is 11.8 Å². The van der Waals surface area contributed by atoms with E-state index < -0.39 is 38.6 Å². The summed E-state index contributed by atoms with van der Waals surface area (Å²) in [7, 11) is -6.05. The number of carboxylic acids is 1. The third-order valence-corrected chi connectivity index (χ3v) is 7.19. The zero-order valence-electron chi connectivity index (χ0n) is 19.0. The Morgan fingerprint density at radius 1 is 1.14 bits per heavy atom. The number of amides is 2. The van der Waals surface area contributed by atoms with Crippen molar-refractivity contribution in [3.8, 4) is 5.75 Å². The molecule has 0 aliphatic carbocycles. The minimum atomic E-state index is -4.50. The van der Waals surface area contributed by atoms with Crippen LogP contribution in [0.4, 0.5) is 0 Å². The second-order valence-corrected chi connectivity index (χ2v) is 10.3. The van der Waals surface area contributed by atoms with Gasteiger partial charge in [-0.3, -0.25) is 14.2 Å². The monoisotopic (exact) mass is 517 g/mol. The summed E-state index contributed by atoms with van der Waals surface area (Å²) < 4.78 is 16.9. The lowest BCUT2D eigenvalue weighted by Gasteiger charge is -2.30. The van der Waals surface area contributed by atoms with Gasteiger partial charge in [-0.1, -0.05) is 24.3 Å².